The highest BCUT2D eigenvalue weighted by Crippen LogP contribution is 2.18. The molecule has 0 N–H and O–H groups in total. The predicted octanol–water partition coefficient (Wildman–Crippen LogP) is 3.19. The lowest BCUT2D eigenvalue weighted by atomic mass is 10.1. The highest BCUT2D eigenvalue weighted by molar-refractivity contribution is 6.16. The Morgan fingerprint density at radius 3 is 2.71 bits per heavy atom. The molecule has 0 aromatic carbocycles. The van der Waals surface area contributed by atoms with Gasteiger partial charge in [-0.3, -0.25) is 4.98 Å². The van der Waals surface area contributed by atoms with Crippen molar-refractivity contribution in [1.29, 1.82) is 0 Å². The van der Waals surface area contributed by atoms with Crippen LogP contribution in [0.2, 0.25) is 0 Å². The number of halogens is 1. The van der Waals surface area contributed by atoms with Crippen molar-refractivity contribution in [3.05, 3.63) is 41.0 Å². The highest BCUT2D eigenvalue weighted by atomic mass is 35.5. The van der Waals surface area contributed by atoms with Crippen LogP contribution in [0, 0.1) is 13.8 Å². The van der Waals surface area contributed by atoms with Crippen LogP contribution in [-0.4, -0.2) is 14.8 Å². The molecule has 4 heteroatoms. The molecule has 0 saturated carbocycles. The second kappa shape index (κ2) is 4.88. The molecule has 0 atom stereocenters. The SMILES string of the molecule is CCc1c(C)nn(-c2ccnc(CCl)c2)c1C. The molecular weight excluding hydrogens is 234 g/mol. The molecule has 2 rings (SSSR count). The predicted molar refractivity (Wildman–Crippen MR) is 69.8 cm³/mol. The van der Waals surface area contributed by atoms with E-state index in [0.717, 1.165) is 23.5 Å². The van der Waals surface area contributed by atoms with Crippen molar-refractivity contribution in [2.45, 2.75) is 33.1 Å². The van der Waals surface area contributed by atoms with Gasteiger partial charge in [-0.25, -0.2) is 4.68 Å². The molecule has 0 amide bonds. The Bertz CT molecular complexity index is 531. The Hall–Kier alpha value is -1.35. The van der Waals surface area contributed by atoms with Gasteiger partial charge in [-0.05, 0) is 38.0 Å². The Kier molecular flexibility index (Phi) is 3.48. The Morgan fingerprint density at radius 1 is 1.35 bits per heavy atom. The molecule has 0 saturated heterocycles. The van der Waals surface area contributed by atoms with E-state index in [-0.39, 0.29) is 0 Å². The van der Waals surface area contributed by atoms with E-state index in [4.69, 9.17) is 11.6 Å². The maximum Gasteiger partial charge on any atom is 0.0682 e. The van der Waals surface area contributed by atoms with Gasteiger partial charge in [0.2, 0.25) is 0 Å². The van der Waals surface area contributed by atoms with Gasteiger partial charge >= 0.3 is 0 Å². The lowest BCUT2D eigenvalue weighted by Gasteiger charge is -2.05. The van der Waals surface area contributed by atoms with Crippen molar-refractivity contribution in [1.82, 2.24) is 14.8 Å². The maximum atomic E-state index is 5.80. The molecule has 2 heterocycles. The molecular formula is C13H16ClN3. The monoisotopic (exact) mass is 249 g/mol. The van der Waals surface area contributed by atoms with Gasteiger partial charge in [-0.2, -0.15) is 5.10 Å². The van der Waals surface area contributed by atoms with Crippen molar-refractivity contribution >= 4 is 11.6 Å². The Balaban J connectivity index is 2.52. The lowest BCUT2D eigenvalue weighted by molar-refractivity contribution is 0.828. The van der Waals surface area contributed by atoms with Crippen molar-refractivity contribution in [2.24, 2.45) is 0 Å². The summed E-state index contributed by atoms with van der Waals surface area (Å²) in [7, 11) is 0. The Labute approximate surface area is 106 Å². The normalized spacial score (nSPS) is 10.8. The largest absolute Gasteiger partial charge is 0.260 e. The fourth-order valence-corrected chi connectivity index (χ4v) is 2.25. The van der Waals surface area contributed by atoms with E-state index in [1.807, 2.05) is 23.7 Å². The van der Waals surface area contributed by atoms with E-state index in [2.05, 4.69) is 23.9 Å². The summed E-state index contributed by atoms with van der Waals surface area (Å²) in [5.41, 5.74) is 5.49. The van der Waals surface area contributed by atoms with Crippen molar-refractivity contribution in [2.75, 3.05) is 0 Å². The summed E-state index contributed by atoms with van der Waals surface area (Å²) in [4.78, 5) is 4.19. The quantitative estimate of drug-likeness (QED) is 0.783. The summed E-state index contributed by atoms with van der Waals surface area (Å²) in [6.07, 6.45) is 2.78. The van der Waals surface area contributed by atoms with Crippen LogP contribution in [0.25, 0.3) is 5.69 Å². The summed E-state index contributed by atoms with van der Waals surface area (Å²) in [5.74, 6) is 0.424. The molecule has 0 spiro atoms. The smallest absolute Gasteiger partial charge is 0.0682 e. The summed E-state index contributed by atoms with van der Waals surface area (Å²) >= 11 is 5.80. The minimum atomic E-state index is 0.424. The molecule has 0 unspecified atom stereocenters. The van der Waals surface area contributed by atoms with Gasteiger partial charge in [-0.1, -0.05) is 6.92 Å². The van der Waals surface area contributed by atoms with E-state index in [1.54, 1.807) is 6.20 Å². The molecule has 17 heavy (non-hydrogen) atoms. The number of hydrogen-bond acceptors (Lipinski definition) is 2. The zero-order valence-corrected chi connectivity index (χ0v) is 11.1. The number of rotatable bonds is 3. The summed E-state index contributed by atoms with van der Waals surface area (Å²) in [5, 5.41) is 4.57. The maximum absolute atomic E-state index is 5.80. The van der Waals surface area contributed by atoms with Gasteiger partial charge in [-0.15, -0.1) is 11.6 Å². The first-order valence-corrected chi connectivity index (χ1v) is 6.27. The summed E-state index contributed by atoms with van der Waals surface area (Å²) in [6, 6.07) is 3.93. The first kappa shape index (κ1) is 12.1. The van der Waals surface area contributed by atoms with Gasteiger partial charge < -0.3 is 0 Å². The number of nitrogens with zero attached hydrogens (tertiary/aromatic N) is 3. The average molecular weight is 250 g/mol. The molecule has 0 bridgehead atoms. The van der Waals surface area contributed by atoms with Gasteiger partial charge in [0, 0.05) is 11.9 Å². The third-order valence-corrected chi connectivity index (χ3v) is 3.25. The van der Waals surface area contributed by atoms with Crippen LogP contribution < -0.4 is 0 Å². The molecule has 2 aromatic heterocycles. The molecule has 2 aromatic rings. The second-order valence-corrected chi connectivity index (χ2v) is 4.32. The van der Waals surface area contributed by atoms with E-state index < -0.39 is 0 Å². The van der Waals surface area contributed by atoms with Gasteiger partial charge in [0.05, 0.1) is 23.0 Å². The number of alkyl halides is 1. The van der Waals surface area contributed by atoms with Gasteiger partial charge in [0.25, 0.3) is 0 Å². The molecule has 0 aliphatic heterocycles. The number of hydrogen-bond donors (Lipinski definition) is 0. The van der Waals surface area contributed by atoms with Crippen LogP contribution >= 0.6 is 11.6 Å². The van der Waals surface area contributed by atoms with Crippen LogP contribution in [0.4, 0.5) is 0 Å². The van der Waals surface area contributed by atoms with Crippen molar-refractivity contribution < 1.29 is 0 Å². The number of aromatic nitrogens is 3. The third-order valence-electron chi connectivity index (χ3n) is 2.98. The zero-order valence-electron chi connectivity index (χ0n) is 10.4. The van der Waals surface area contributed by atoms with E-state index in [1.165, 1.54) is 11.3 Å². The van der Waals surface area contributed by atoms with Gasteiger partial charge in [0.15, 0.2) is 0 Å². The third kappa shape index (κ3) is 2.20. The number of pyridine rings is 1. The van der Waals surface area contributed by atoms with Crippen LogP contribution in [0.1, 0.15) is 29.6 Å². The fourth-order valence-electron chi connectivity index (χ4n) is 2.11. The molecule has 0 radical (unpaired) electrons. The zero-order chi connectivity index (χ0) is 12.4. The van der Waals surface area contributed by atoms with Crippen LogP contribution in [0.5, 0.6) is 0 Å². The first-order chi connectivity index (χ1) is 8.17. The van der Waals surface area contributed by atoms with Crippen molar-refractivity contribution in [3.8, 4) is 5.69 Å². The average Bonchev–Trinajstić information content (AvgIpc) is 2.64. The molecule has 0 aliphatic rings. The molecule has 90 valence electrons. The van der Waals surface area contributed by atoms with Crippen LogP contribution in [0.3, 0.4) is 0 Å². The Morgan fingerprint density at radius 2 is 2.12 bits per heavy atom. The highest BCUT2D eigenvalue weighted by Gasteiger charge is 2.11. The fraction of sp³-hybridized carbons (Fsp3) is 0.385. The number of aryl methyl sites for hydroxylation is 1. The topological polar surface area (TPSA) is 30.7 Å². The first-order valence-electron chi connectivity index (χ1n) is 5.73. The molecule has 3 nitrogen and oxygen atoms in total. The second-order valence-electron chi connectivity index (χ2n) is 4.05. The van der Waals surface area contributed by atoms with E-state index in [9.17, 15) is 0 Å². The van der Waals surface area contributed by atoms with Crippen LogP contribution in [-0.2, 0) is 12.3 Å². The summed E-state index contributed by atoms with van der Waals surface area (Å²) in [6.45, 7) is 6.30. The molecule has 0 aliphatic carbocycles. The molecule has 0 fully saturated rings. The van der Waals surface area contributed by atoms with Crippen LogP contribution in [0.15, 0.2) is 18.3 Å². The van der Waals surface area contributed by atoms with Gasteiger partial charge in [0.1, 0.15) is 0 Å². The lowest BCUT2D eigenvalue weighted by Crippen LogP contribution is -2.01. The van der Waals surface area contributed by atoms with E-state index in [0.29, 0.717) is 5.88 Å². The minimum absolute atomic E-state index is 0.424. The summed E-state index contributed by atoms with van der Waals surface area (Å²) < 4.78 is 1.96. The standard InChI is InChI=1S/C13H16ClN3/c1-4-13-9(2)16-17(10(13)3)12-5-6-15-11(7-12)8-14/h5-7H,4,8H2,1-3H3. The van der Waals surface area contributed by atoms with Crippen molar-refractivity contribution in [3.63, 3.8) is 0 Å². The minimum Gasteiger partial charge on any atom is -0.260 e. The van der Waals surface area contributed by atoms with E-state index >= 15 is 0 Å².